The summed E-state index contributed by atoms with van der Waals surface area (Å²) in [6.45, 7) is -0.809. The summed E-state index contributed by atoms with van der Waals surface area (Å²) in [5.41, 5.74) is 0. The van der Waals surface area contributed by atoms with Crippen molar-refractivity contribution >= 4 is 5.78 Å². The fraction of sp³-hybridized carbons (Fsp3) is 0.909. The number of halogens is 3. The van der Waals surface area contributed by atoms with Crippen LogP contribution in [0.25, 0.3) is 0 Å². The Morgan fingerprint density at radius 3 is 2.00 bits per heavy atom. The number of rotatable bonds is 3. The Bertz CT molecular complexity index is 263. The fourth-order valence-electron chi connectivity index (χ4n) is 2.43. The number of Topliss-reactive ketones (excluding diaryl/α,β-unsaturated/α-hetero) is 1. The highest BCUT2D eigenvalue weighted by molar-refractivity contribution is 5.79. The molecule has 2 aliphatic carbocycles. The van der Waals surface area contributed by atoms with Crippen molar-refractivity contribution in [2.75, 3.05) is 6.54 Å². The summed E-state index contributed by atoms with van der Waals surface area (Å²) in [5.74, 6) is 0.194. The Kier molecular flexibility index (Phi) is 3.24. The molecule has 0 aromatic heterocycles. The molecule has 2 nitrogen and oxygen atoms in total. The highest BCUT2D eigenvalue weighted by Crippen LogP contribution is 2.35. The predicted octanol–water partition coefficient (Wildman–Crippen LogP) is 2.52. The largest absolute Gasteiger partial charge is 0.401 e. The van der Waals surface area contributed by atoms with Crippen LogP contribution in [0.15, 0.2) is 0 Å². The first-order valence-corrected chi connectivity index (χ1v) is 5.80. The SMILES string of the molecule is O=C1CCC(N(CC(F)(F)F)C2CC2)CC1. The second-order valence-electron chi connectivity index (χ2n) is 4.79. The minimum atomic E-state index is -4.12. The van der Waals surface area contributed by atoms with Gasteiger partial charge in [-0.25, -0.2) is 0 Å². The number of carbonyl (C=O) groups excluding carboxylic acids is 1. The van der Waals surface area contributed by atoms with E-state index >= 15 is 0 Å². The van der Waals surface area contributed by atoms with Crippen LogP contribution in [0.2, 0.25) is 0 Å². The van der Waals surface area contributed by atoms with Crippen LogP contribution < -0.4 is 0 Å². The lowest BCUT2D eigenvalue weighted by Crippen LogP contribution is -2.44. The second kappa shape index (κ2) is 4.35. The van der Waals surface area contributed by atoms with E-state index in [9.17, 15) is 18.0 Å². The van der Waals surface area contributed by atoms with Gasteiger partial charge in [0.15, 0.2) is 0 Å². The Morgan fingerprint density at radius 1 is 1.06 bits per heavy atom. The standard InChI is InChI=1S/C11H16F3NO/c12-11(13,14)7-15(8-1-2-8)9-3-5-10(16)6-4-9/h8-9H,1-7H2. The molecule has 2 aliphatic rings. The third kappa shape index (κ3) is 3.20. The molecule has 0 unspecified atom stereocenters. The molecule has 0 aromatic rings. The monoisotopic (exact) mass is 235 g/mol. The van der Waals surface area contributed by atoms with Crippen LogP contribution in [0.5, 0.6) is 0 Å². The van der Waals surface area contributed by atoms with E-state index < -0.39 is 12.7 Å². The van der Waals surface area contributed by atoms with Gasteiger partial charge in [-0.15, -0.1) is 0 Å². The summed E-state index contributed by atoms with van der Waals surface area (Å²) in [7, 11) is 0. The van der Waals surface area contributed by atoms with Crippen molar-refractivity contribution in [1.82, 2.24) is 4.90 Å². The van der Waals surface area contributed by atoms with Crippen LogP contribution in [0.1, 0.15) is 38.5 Å². The lowest BCUT2D eigenvalue weighted by atomic mass is 9.93. The van der Waals surface area contributed by atoms with Crippen molar-refractivity contribution in [2.45, 2.75) is 56.8 Å². The van der Waals surface area contributed by atoms with Crippen LogP contribution >= 0.6 is 0 Å². The molecule has 0 N–H and O–H groups in total. The maximum Gasteiger partial charge on any atom is 0.401 e. The molecule has 0 aromatic carbocycles. The maximum atomic E-state index is 12.4. The lowest BCUT2D eigenvalue weighted by Gasteiger charge is -2.34. The molecule has 2 rings (SSSR count). The zero-order valence-corrected chi connectivity index (χ0v) is 9.09. The summed E-state index contributed by atoms with van der Waals surface area (Å²) in [6.07, 6.45) is -0.264. The van der Waals surface area contributed by atoms with E-state index in [-0.39, 0.29) is 17.9 Å². The van der Waals surface area contributed by atoms with Gasteiger partial charge in [-0.1, -0.05) is 0 Å². The minimum absolute atomic E-state index is 0.0353. The highest BCUT2D eigenvalue weighted by atomic mass is 19.4. The first kappa shape index (κ1) is 11.9. The number of nitrogens with zero attached hydrogens (tertiary/aromatic N) is 1. The van der Waals surface area contributed by atoms with Crippen LogP contribution in [0.3, 0.4) is 0 Å². The summed E-state index contributed by atoms with van der Waals surface area (Å²) >= 11 is 0. The van der Waals surface area contributed by atoms with Gasteiger partial charge in [0.2, 0.25) is 0 Å². The predicted molar refractivity (Wildman–Crippen MR) is 53.0 cm³/mol. The molecule has 0 spiro atoms. The smallest absolute Gasteiger partial charge is 0.300 e. The molecule has 0 saturated heterocycles. The molecule has 0 amide bonds. The average Bonchev–Trinajstić information content (AvgIpc) is 2.97. The Morgan fingerprint density at radius 2 is 1.56 bits per heavy atom. The maximum absolute atomic E-state index is 12.4. The van der Waals surface area contributed by atoms with E-state index in [0.717, 1.165) is 12.8 Å². The van der Waals surface area contributed by atoms with Gasteiger partial charge in [0.25, 0.3) is 0 Å². The van der Waals surface area contributed by atoms with E-state index in [1.807, 2.05) is 0 Å². The third-order valence-electron chi connectivity index (χ3n) is 3.36. The van der Waals surface area contributed by atoms with Crippen molar-refractivity contribution in [3.8, 4) is 0 Å². The lowest BCUT2D eigenvalue weighted by molar-refractivity contribution is -0.154. The first-order valence-electron chi connectivity index (χ1n) is 5.80. The Balaban J connectivity index is 1.94. The molecular formula is C11H16F3NO. The molecule has 0 atom stereocenters. The summed E-state index contributed by atoms with van der Waals surface area (Å²) in [4.78, 5) is 12.6. The summed E-state index contributed by atoms with van der Waals surface area (Å²) in [5, 5.41) is 0. The van der Waals surface area contributed by atoms with Crippen LogP contribution in [-0.4, -0.2) is 35.5 Å². The molecule has 0 bridgehead atoms. The topological polar surface area (TPSA) is 20.3 Å². The summed E-state index contributed by atoms with van der Waals surface area (Å²) < 4.78 is 37.3. The summed E-state index contributed by atoms with van der Waals surface area (Å²) in [6, 6.07) is 0.0756. The minimum Gasteiger partial charge on any atom is -0.300 e. The van der Waals surface area contributed by atoms with Gasteiger partial charge in [0, 0.05) is 24.9 Å². The molecule has 0 aliphatic heterocycles. The van der Waals surface area contributed by atoms with E-state index in [1.54, 1.807) is 4.90 Å². The van der Waals surface area contributed by atoms with Crippen LogP contribution in [0, 0.1) is 0 Å². The van der Waals surface area contributed by atoms with Crippen molar-refractivity contribution in [1.29, 1.82) is 0 Å². The fourth-order valence-corrected chi connectivity index (χ4v) is 2.43. The zero-order valence-electron chi connectivity index (χ0n) is 9.09. The van der Waals surface area contributed by atoms with Crippen molar-refractivity contribution in [3.63, 3.8) is 0 Å². The van der Waals surface area contributed by atoms with Gasteiger partial charge in [0.05, 0.1) is 6.54 Å². The zero-order chi connectivity index (χ0) is 11.8. The van der Waals surface area contributed by atoms with Crippen LogP contribution in [0.4, 0.5) is 13.2 Å². The molecular weight excluding hydrogens is 219 g/mol. The number of ketones is 1. The normalized spacial score (nSPS) is 24.1. The Hall–Kier alpha value is -0.580. The molecule has 2 saturated carbocycles. The number of hydrogen-bond acceptors (Lipinski definition) is 2. The molecule has 92 valence electrons. The van der Waals surface area contributed by atoms with Crippen molar-refractivity contribution in [3.05, 3.63) is 0 Å². The average molecular weight is 235 g/mol. The second-order valence-corrected chi connectivity index (χ2v) is 4.79. The van der Waals surface area contributed by atoms with Gasteiger partial charge < -0.3 is 0 Å². The number of hydrogen-bond donors (Lipinski definition) is 0. The molecule has 2 fully saturated rings. The number of carbonyl (C=O) groups is 1. The first-order chi connectivity index (χ1) is 7.46. The third-order valence-corrected chi connectivity index (χ3v) is 3.36. The van der Waals surface area contributed by atoms with Crippen LogP contribution in [-0.2, 0) is 4.79 Å². The van der Waals surface area contributed by atoms with E-state index in [2.05, 4.69) is 0 Å². The molecule has 0 radical (unpaired) electrons. The van der Waals surface area contributed by atoms with Gasteiger partial charge in [-0.3, -0.25) is 9.69 Å². The van der Waals surface area contributed by atoms with E-state index in [1.165, 1.54) is 0 Å². The van der Waals surface area contributed by atoms with E-state index in [0.29, 0.717) is 25.7 Å². The molecule has 5 heteroatoms. The number of alkyl halides is 3. The van der Waals surface area contributed by atoms with Crippen molar-refractivity contribution in [2.24, 2.45) is 0 Å². The van der Waals surface area contributed by atoms with Gasteiger partial charge in [0.1, 0.15) is 5.78 Å². The quantitative estimate of drug-likeness (QED) is 0.749. The van der Waals surface area contributed by atoms with Crippen molar-refractivity contribution < 1.29 is 18.0 Å². The Labute approximate surface area is 92.8 Å². The van der Waals surface area contributed by atoms with E-state index in [4.69, 9.17) is 0 Å². The molecule has 16 heavy (non-hydrogen) atoms. The van der Waals surface area contributed by atoms with Gasteiger partial charge in [-0.2, -0.15) is 13.2 Å². The highest BCUT2D eigenvalue weighted by Gasteiger charge is 2.41. The van der Waals surface area contributed by atoms with Gasteiger partial charge in [-0.05, 0) is 25.7 Å². The van der Waals surface area contributed by atoms with Gasteiger partial charge >= 0.3 is 6.18 Å². The molecule has 0 heterocycles.